The van der Waals surface area contributed by atoms with Crippen LogP contribution in [-0.2, 0) is 19.4 Å². The summed E-state index contributed by atoms with van der Waals surface area (Å²) in [6.45, 7) is 5.14. The molecule has 5 nitrogen and oxygen atoms in total. The molecule has 1 N–H and O–H groups in total. The summed E-state index contributed by atoms with van der Waals surface area (Å²) in [4.78, 5) is 16.1. The van der Waals surface area contributed by atoms with Crippen molar-refractivity contribution in [3.05, 3.63) is 71.3 Å². The van der Waals surface area contributed by atoms with Gasteiger partial charge in [-0.2, -0.15) is 5.10 Å². The number of carboxylic acids is 1. The summed E-state index contributed by atoms with van der Waals surface area (Å²) in [6, 6.07) is 15.1. The topological polar surface area (TPSA) is 68.0 Å². The first-order valence-corrected chi connectivity index (χ1v) is 9.46. The lowest BCUT2D eigenvalue weighted by Crippen LogP contribution is -2.06. The minimum Gasteiger partial charge on any atom is -0.478 e. The molecule has 3 rings (SSSR count). The molecular formula is C22H25N3O2. The Labute approximate surface area is 159 Å². The van der Waals surface area contributed by atoms with Crippen molar-refractivity contribution in [3.8, 4) is 11.1 Å². The maximum Gasteiger partial charge on any atom is 0.336 e. The molecule has 1 heterocycles. The minimum atomic E-state index is -0.911. The molecule has 3 aromatic rings. The normalized spacial score (nSPS) is 10.9. The van der Waals surface area contributed by atoms with Crippen LogP contribution in [0.25, 0.3) is 11.1 Å². The number of aromatic nitrogens is 3. The second-order valence-corrected chi connectivity index (χ2v) is 6.64. The largest absolute Gasteiger partial charge is 0.478 e. The van der Waals surface area contributed by atoms with Crippen molar-refractivity contribution < 1.29 is 9.90 Å². The van der Waals surface area contributed by atoms with Gasteiger partial charge in [-0.3, -0.25) is 0 Å². The molecule has 0 spiro atoms. The molecule has 0 saturated heterocycles. The first-order chi connectivity index (χ1) is 13.1. The van der Waals surface area contributed by atoms with Crippen LogP contribution >= 0.6 is 0 Å². The molecule has 0 aliphatic rings. The van der Waals surface area contributed by atoms with Crippen LogP contribution < -0.4 is 0 Å². The van der Waals surface area contributed by atoms with Crippen LogP contribution in [0.1, 0.15) is 54.3 Å². The highest BCUT2D eigenvalue weighted by molar-refractivity contribution is 5.95. The Morgan fingerprint density at radius 2 is 1.78 bits per heavy atom. The standard InChI is InChI=1S/C22H25N3O2/c1-3-7-20-23-21(25(24-20)14-4-2)15-16-10-12-17(13-11-16)18-8-5-6-9-19(18)22(26)27/h5-6,8-13H,3-4,7,14-15H2,1-2H3,(H,26,27). The van der Waals surface area contributed by atoms with Gasteiger partial charge in [-0.15, -0.1) is 0 Å². The quantitative estimate of drug-likeness (QED) is 0.635. The molecule has 0 atom stereocenters. The highest BCUT2D eigenvalue weighted by atomic mass is 16.4. The predicted octanol–water partition coefficient (Wildman–Crippen LogP) is 4.60. The van der Waals surface area contributed by atoms with Crippen molar-refractivity contribution in [2.24, 2.45) is 0 Å². The summed E-state index contributed by atoms with van der Waals surface area (Å²) in [5, 5.41) is 14.0. The van der Waals surface area contributed by atoms with E-state index < -0.39 is 5.97 Å². The van der Waals surface area contributed by atoms with Crippen molar-refractivity contribution in [2.45, 2.75) is 46.1 Å². The van der Waals surface area contributed by atoms with Crippen molar-refractivity contribution in [3.63, 3.8) is 0 Å². The molecule has 2 aromatic carbocycles. The lowest BCUT2D eigenvalue weighted by atomic mass is 9.98. The number of carboxylic acid groups (broad SMARTS) is 1. The number of aromatic carboxylic acids is 1. The highest BCUT2D eigenvalue weighted by Gasteiger charge is 2.12. The monoisotopic (exact) mass is 363 g/mol. The molecule has 0 radical (unpaired) electrons. The molecule has 0 amide bonds. The first kappa shape index (κ1) is 18.8. The molecule has 0 aliphatic carbocycles. The molecule has 27 heavy (non-hydrogen) atoms. The second kappa shape index (κ2) is 8.62. The van der Waals surface area contributed by atoms with Gasteiger partial charge in [0.15, 0.2) is 5.82 Å². The van der Waals surface area contributed by atoms with Crippen LogP contribution in [0, 0.1) is 0 Å². The van der Waals surface area contributed by atoms with E-state index in [1.807, 2.05) is 41.1 Å². The van der Waals surface area contributed by atoms with E-state index in [0.29, 0.717) is 5.56 Å². The summed E-state index contributed by atoms with van der Waals surface area (Å²) in [5.74, 6) is 0.984. The highest BCUT2D eigenvalue weighted by Crippen LogP contribution is 2.24. The SMILES string of the molecule is CCCc1nc(Cc2ccc(-c3ccccc3C(=O)O)cc2)n(CCC)n1. The smallest absolute Gasteiger partial charge is 0.336 e. The van der Waals surface area contributed by atoms with E-state index in [1.54, 1.807) is 12.1 Å². The van der Waals surface area contributed by atoms with Gasteiger partial charge in [0, 0.05) is 19.4 Å². The fourth-order valence-corrected chi connectivity index (χ4v) is 3.18. The molecule has 0 bridgehead atoms. The minimum absolute atomic E-state index is 0.317. The lowest BCUT2D eigenvalue weighted by molar-refractivity contribution is 0.0697. The summed E-state index contributed by atoms with van der Waals surface area (Å²) in [6.07, 6.45) is 3.67. The van der Waals surface area contributed by atoms with Crippen molar-refractivity contribution in [1.29, 1.82) is 0 Å². The first-order valence-electron chi connectivity index (χ1n) is 9.46. The molecule has 1 aromatic heterocycles. The fourth-order valence-electron chi connectivity index (χ4n) is 3.18. The lowest BCUT2D eigenvalue weighted by Gasteiger charge is -2.08. The van der Waals surface area contributed by atoms with Crippen LogP contribution in [0.5, 0.6) is 0 Å². The zero-order chi connectivity index (χ0) is 19.2. The van der Waals surface area contributed by atoms with Crippen molar-refractivity contribution in [1.82, 2.24) is 14.8 Å². The number of nitrogens with zero attached hydrogens (tertiary/aromatic N) is 3. The maximum absolute atomic E-state index is 11.4. The summed E-state index contributed by atoms with van der Waals surface area (Å²) in [7, 11) is 0. The molecular weight excluding hydrogens is 338 g/mol. The number of carbonyl (C=O) groups is 1. The molecule has 140 valence electrons. The van der Waals surface area contributed by atoms with E-state index >= 15 is 0 Å². The fraction of sp³-hybridized carbons (Fsp3) is 0.318. The van der Waals surface area contributed by atoms with E-state index in [-0.39, 0.29) is 0 Å². The van der Waals surface area contributed by atoms with E-state index in [2.05, 4.69) is 18.9 Å². The van der Waals surface area contributed by atoms with Gasteiger partial charge in [0.05, 0.1) is 5.56 Å². The van der Waals surface area contributed by atoms with Gasteiger partial charge in [-0.1, -0.05) is 56.3 Å². The van der Waals surface area contributed by atoms with Crippen LogP contribution in [0.3, 0.4) is 0 Å². The van der Waals surface area contributed by atoms with Gasteiger partial charge in [0.25, 0.3) is 0 Å². The van der Waals surface area contributed by atoms with Gasteiger partial charge in [-0.05, 0) is 35.6 Å². The third-order valence-corrected chi connectivity index (χ3v) is 4.49. The van der Waals surface area contributed by atoms with Crippen molar-refractivity contribution >= 4 is 5.97 Å². The van der Waals surface area contributed by atoms with E-state index in [1.165, 1.54) is 0 Å². The van der Waals surface area contributed by atoms with Crippen LogP contribution in [0.2, 0.25) is 0 Å². The van der Waals surface area contributed by atoms with Gasteiger partial charge < -0.3 is 5.11 Å². The Kier molecular flexibility index (Phi) is 6.01. The molecule has 0 saturated carbocycles. The van der Waals surface area contributed by atoms with Gasteiger partial charge in [0.2, 0.25) is 0 Å². The number of aryl methyl sites for hydroxylation is 2. The molecule has 0 fully saturated rings. The zero-order valence-corrected chi connectivity index (χ0v) is 15.9. The molecule has 0 aliphatic heterocycles. The van der Waals surface area contributed by atoms with Crippen LogP contribution in [-0.4, -0.2) is 25.8 Å². The summed E-state index contributed by atoms with van der Waals surface area (Å²) in [5.41, 5.74) is 3.09. The third kappa shape index (κ3) is 4.42. The second-order valence-electron chi connectivity index (χ2n) is 6.64. The molecule has 0 unspecified atom stereocenters. The number of hydrogen-bond acceptors (Lipinski definition) is 3. The summed E-state index contributed by atoms with van der Waals surface area (Å²) < 4.78 is 2.01. The number of rotatable bonds is 8. The van der Waals surface area contributed by atoms with Gasteiger partial charge in [0.1, 0.15) is 5.82 Å². The van der Waals surface area contributed by atoms with E-state index in [0.717, 1.165) is 60.6 Å². The Balaban J connectivity index is 1.84. The maximum atomic E-state index is 11.4. The average molecular weight is 363 g/mol. The van der Waals surface area contributed by atoms with Crippen LogP contribution in [0.15, 0.2) is 48.5 Å². The molecule has 5 heteroatoms. The van der Waals surface area contributed by atoms with Crippen molar-refractivity contribution in [2.75, 3.05) is 0 Å². The predicted molar refractivity (Wildman–Crippen MR) is 106 cm³/mol. The Hall–Kier alpha value is -2.95. The Bertz CT molecular complexity index is 914. The Morgan fingerprint density at radius 1 is 1.04 bits per heavy atom. The zero-order valence-electron chi connectivity index (χ0n) is 15.9. The number of hydrogen-bond donors (Lipinski definition) is 1. The van der Waals surface area contributed by atoms with E-state index in [4.69, 9.17) is 4.98 Å². The third-order valence-electron chi connectivity index (χ3n) is 4.49. The van der Waals surface area contributed by atoms with Gasteiger partial charge >= 0.3 is 5.97 Å². The Morgan fingerprint density at radius 3 is 2.44 bits per heavy atom. The average Bonchev–Trinajstić information content (AvgIpc) is 3.04. The summed E-state index contributed by atoms with van der Waals surface area (Å²) >= 11 is 0. The number of benzene rings is 2. The van der Waals surface area contributed by atoms with E-state index in [9.17, 15) is 9.90 Å². The van der Waals surface area contributed by atoms with Crippen LogP contribution in [0.4, 0.5) is 0 Å². The van der Waals surface area contributed by atoms with Gasteiger partial charge in [-0.25, -0.2) is 14.5 Å².